The third kappa shape index (κ3) is 3.75. The Labute approximate surface area is 115 Å². The zero-order chi connectivity index (χ0) is 13.0. The second kappa shape index (κ2) is 6.96. The van der Waals surface area contributed by atoms with Crippen LogP contribution in [0.1, 0.15) is 85.0 Å². The number of hydrogen-bond donors (Lipinski definition) is 0. The largest absolute Gasteiger partial charge is 0.0654 e. The summed E-state index contributed by atoms with van der Waals surface area (Å²) in [5.74, 6) is 5.25. The lowest BCUT2D eigenvalue weighted by molar-refractivity contribution is 0.130. The molecule has 0 amide bonds. The second-order valence-corrected chi connectivity index (χ2v) is 7.49. The lowest BCUT2D eigenvalue weighted by atomic mass is 9.67. The Morgan fingerprint density at radius 3 is 1.72 bits per heavy atom. The van der Waals surface area contributed by atoms with Gasteiger partial charge in [0.25, 0.3) is 0 Å². The standard InChI is InChI=1S/C18H34/c1-4-5-15-6-8-17(9-7-15)18-12-10-16(11-13-18)14(2)3/h14-18H,4-13H2,1-3H3. The van der Waals surface area contributed by atoms with Gasteiger partial charge in [-0.1, -0.05) is 46.5 Å². The normalized spacial score (nSPS) is 38.0. The molecule has 0 heteroatoms. The van der Waals surface area contributed by atoms with Crippen LogP contribution in [-0.4, -0.2) is 0 Å². The summed E-state index contributed by atoms with van der Waals surface area (Å²) in [5.41, 5.74) is 0. The predicted molar refractivity (Wildman–Crippen MR) is 80.6 cm³/mol. The molecule has 2 rings (SSSR count). The van der Waals surface area contributed by atoms with Crippen LogP contribution in [0.5, 0.6) is 0 Å². The van der Waals surface area contributed by atoms with Crippen LogP contribution in [0, 0.1) is 29.6 Å². The van der Waals surface area contributed by atoms with Gasteiger partial charge in [-0.3, -0.25) is 0 Å². The van der Waals surface area contributed by atoms with Crippen molar-refractivity contribution in [3.05, 3.63) is 0 Å². The molecule has 0 bridgehead atoms. The SMILES string of the molecule is CCCC1CCC(C2CCC(C(C)C)CC2)CC1. The molecular formula is C18H34. The molecule has 0 N–H and O–H groups in total. The van der Waals surface area contributed by atoms with Crippen LogP contribution in [0.3, 0.4) is 0 Å². The van der Waals surface area contributed by atoms with E-state index in [4.69, 9.17) is 0 Å². The van der Waals surface area contributed by atoms with Crippen molar-refractivity contribution in [3.8, 4) is 0 Å². The van der Waals surface area contributed by atoms with Gasteiger partial charge in [-0.25, -0.2) is 0 Å². The maximum atomic E-state index is 2.42. The van der Waals surface area contributed by atoms with E-state index in [-0.39, 0.29) is 0 Å². The zero-order valence-corrected chi connectivity index (χ0v) is 13.0. The van der Waals surface area contributed by atoms with Crippen LogP contribution >= 0.6 is 0 Å². The average molecular weight is 250 g/mol. The van der Waals surface area contributed by atoms with Crippen LogP contribution < -0.4 is 0 Å². The summed E-state index contributed by atoms with van der Waals surface area (Å²) in [5, 5.41) is 0. The van der Waals surface area contributed by atoms with Gasteiger partial charge < -0.3 is 0 Å². The topological polar surface area (TPSA) is 0 Å². The van der Waals surface area contributed by atoms with Crippen LogP contribution in [0.25, 0.3) is 0 Å². The van der Waals surface area contributed by atoms with Gasteiger partial charge in [0.15, 0.2) is 0 Å². The van der Waals surface area contributed by atoms with Gasteiger partial charge in [0, 0.05) is 0 Å². The van der Waals surface area contributed by atoms with Crippen molar-refractivity contribution in [2.45, 2.75) is 85.0 Å². The van der Waals surface area contributed by atoms with Crippen LogP contribution in [0.2, 0.25) is 0 Å². The molecule has 2 aliphatic carbocycles. The summed E-state index contributed by atoms with van der Waals surface area (Å²) in [7, 11) is 0. The number of hydrogen-bond acceptors (Lipinski definition) is 0. The Kier molecular flexibility index (Phi) is 5.57. The molecule has 0 aromatic rings. The molecule has 2 aliphatic rings. The molecule has 0 heterocycles. The van der Waals surface area contributed by atoms with E-state index in [1.807, 2.05) is 0 Å². The predicted octanol–water partition coefficient (Wildman–Crippen LogP) is 6.06. The maximum absolute atomic E-state index is 2.42. The Morgan fingerprint density at radius 2 is 1.28 bits per heavy atom. The van der Waals surface area contributed by atoms with Crippen molar-refractivity contribution >= 4 is 0 Å². The van der Waals surface area contributed by atoms with Crippen molar-refractivity contribution in [2.75, 3.05) is 0 Å². The lowest BCUT2D eigenvalue weighted by Crippen LogP contribution is -2.27. The van der Waals surface area contributed by atoms with Crippen LogP contribution in [0.4, 0.5) is 0 Å². The van der Waals surface area contributed by atoms with Crippen molar-refractivity contribution in [2.24, 2.45) is 29.6 Å². The van der Waals surface area contributed by atoms with Crippen molar-refractivity contribution in [1.29, 1.82) is 0 Å². The first-order chi connectivity index (χ1) is 8.70. The molecule has 0 atom stereocenters. The van der Waals surface area contributed by atoms with Crippen molar-refractivity contribution < 1.29 is 0 Å². The minimum atomic E-state index is 0.922. The highest BCUT2D eigenvalue weighted by molar-refractivity contribution is 4.82. The first-order valence-corrected chi connectivity index (χ1v) is 8.70. The Balaban J connectivity index is 1.71. The average Bonchev–Trinajstić information content (AvgIpc) is 2.40. The van der Waals surface area contributed by atoms with Gasteiger partial charge >= 0.3 is 0 Å². The van der Waals surface area contributed by atoms with E-state index in [2.05, 4.69) is 20.8 Å². The Hall–Kier alpha value is 0. The van der Waals surface area contributed by atoms with Gasteiger partial charge in [0.1, 0.15) is 0 Å². The van der Waals surface area contributed by atoms with Crippen LogP contribution in [-0.2, 0) is 0 Å². The Bertz CT molecular complexity index is 214. The molecule has 0 aromatic heterocycles. The fourth-order valence-corrected chi connectivity index (χ4v) is 4.64. The minimum Gasteiger partial charge on any atom is -0.0654 e. The minimum absolute atomic E-state index is 0.922. The molecular weight excluding hydrogens is 216 g/mol. The van der Waals surface area contributed by atoms with Crippen molar-refractivity contribution in [1.82, 2.24) is 0 Å². The van der Waals surface area contributed by atoms with E-state index in [1.54, 1.807) is 38.5 Å². The molecule has 0 aliphatic heterocycles. The molecule has 18 heavy (non-hydrogen) atoms. The van der Waals surface area contributed by atoms with E-state index in [9.17, 15) is 0 Å². The molecule has 0 unspecified atom stereocenters. The van der Waals surface area contributed by atoms with Gasteiger partial charge in [-0.05, 0) is 68.1 Å². The Morgan fingerprint density at radius 1 is 0.778 bits per heavy atom. The third-order valence-corrected chi connectivity index (χ3v) is 6.01. The highest BCUT2D eigenvalue weighted by Crippen LogP contribution is 2.43. The summed E-state index contributed by atoms with van der Waals surface area (Å²) in [4.78, 5) is 0. The summed E-state index contributed by atoms with van der Waals surface area (Å²) >= 11 is 0. The van der Waals surface area contributed by atoms with Gasteiger partial charge in [-0.15, -0.1) is 0 Å². The van der Waals surface area contributed by atoms with E-state index in [0.717, 1.165) is 29.6 Å². The van der Waals surface area contributed by atoms with Crippen molar-refractivity contribution in [3.63, 3.8) is 0 Å². The summed E-state index contributed by atoms with van der Waals surface area (Å²) < 4.78 is 0. The van der Waals surface area contributed by atoms with E-state index in [1.165, 1.54) is 25.7 Å². The number of rotatable bonds is 4. The first kappa shape index (κ1) is 14.4. The van der Waals surface area contributed by atoms with E-state index >= 15 is 0 Å². The summed E-state index contributed by atoms with van der Waals surface area (Å²) in [6.45, 7) is 7.18. The fraction of sp³-hybridized carbons (Fsp3) is 1.00. The molecule has 0 spiro atoms. The molecule has 2 saturated carbocycles. The molecule has 0 nitrogen and oxygen atoms in total. The van der Waals surface area contributed by atoms with E-state index in [0.29, 0.717) is 0 Å². The second-order valence-electron chi connectivity index (χ2n) is 7.49. The van der Waals surface area contributed by atoms with Gasteiger partial charge in [0.2, 0.25) is 0 Å². The smallest absolute Gasteiger partial charge is 0.0386 e. The quantitative estimate of drug-likeness (QED) is 0.569. The first-order valence-electron chi connectivity index (χ1n) is 8.70. The highest BCUT2D eigenvalue weighted by Gasteiger charge is 2.31. The monoisotopic (exact) mass is 250 g/mol. The van der Waals surface area contributed by atoms with Gasteiger partial charge in [0.05, 0.1) is 0 Å². The third-order valence-electron chi connectivity index (χ3n) is 6.01. The maximum Gasteiger partial charge on any atom is -0.0386 e. The highest BCUT2D eigenvalue weighted by atomic mass is 14.4. The van der Waals surface area contributed by atoms with E-state index < -0.39 is 0 Å². The molecule has 2 fully saturated rings. The van der Waals surface area contributed by atoms with Gasteiger partial charge in [-0.2, -0.15) is 0 Å². The molecule has 0 radical (unpaired) electrons. The van der Waals surface area contributed by atoms with Crippen LogP contribution in [0.15, 0.2) is 0 Å². The molecule has 106 valence electrons. The zero-order valence-electron chi connectivity index (χ0n) is 13.0. The molecule has 0 aromatic carbocycles. The summed E-state index contributed by atoms with van der Waals surface area (Å²) in [6, 6.07) is 0. The lowest BCUT2D eigenvalue weighted by Gasteiger charge is -2.38. The fourth-order valence-electron chi connectivity index (χ4n) is 4.64. The summed E-state index contributed by atoms with van der Waals surface area (Å²) in [6.07, 6.45) is 15.2. The molecule has 0 saturated heterocycles.